The van der Waals surface area contributed by atoms with E-state index in [1.54, 1.807) is 0 Å². The van der Waals surface area contributed by atoms with E-state index in [9.17, 15) is 0 Å². The molecule has 3 atom stereocenters. The lowest BCUT2D eigenvalue weighted by molar-refractivity contribution is 0.200. The van der Waals surface area contributed by atoms with Crippen molar-refractivity contribution >= 4 is 11.8 Å². The highest BCUT2D eigenvalue weighted by Gasteiger charge is 2.25. The molecular formula is C12H24N2S. The molecule has 2 heterocycles. The Morgan fingerprint density at radius 3 is 3.00 bits per heavy atom. The van der Waals surface area contributed by atoms with Gasteiger partial charge in [-0.2, -0.15) is 11.8 Å². The second kappa shape index (κ2) is 5.55. The highest BCUT2D eigenvalue weighted by Crippen LogP contribution is 2.25. The molecule has 0 radical (unpaired) electrons. The lowest BCUT2D eigenvalue weighted by Crippen LogP contribution is -2.45. The molecule has 0 aliphatic carbocycles. The van der Waals surface area contributed by atoms with Crippen LogP contribution in [-0.4, -0.2) is 48.1 Å². The van der Waals surface area contributed by atoms with Gasteiger partial charge in [-0.25, -0.2) is 0 Å². The fourth-order valence-electron chi connectivity index (χ4n) is 2.62. The SMILES string of the molecule is CC1SCCN(CCC2CCNC2)C1C. The minimum Gasteiger partial charge on any atom is -0.316 e. The second-order valence-electron chi connectivity index (χ2n) is 5.00. The topological polar surface area (TPSA) is 15.3 Å². The molecule has 15 heavy (non-hydrogen) atoms. The summed E-state index contributed by atoms with van der Waals surface area (Å²) in [4.78, 5) is 2.69. The van der Waals surface area contributed by atoms with Crippen molar-refractivity contribution in [1.29, 1.82) is 0 Å². The Kier molecular flexibility index (Phi) is 4.35. The summed E-state index contributed by atoms with van der Waals surface area (Å²) in [6.45, 7) is 9.88. The molecule has 0 aromatic rings. The monoisotopic (exact) mass is 228 g/mol. The van der Waals surface area contributed by atoms with Crippen LogP contribution in [0.15, 0.2) is 0 Å². The van der Waals surface area contributed by atoms with Crippen molar-refractivity contribution in [3.05, 3.63) is 0 Å². The average Bonchev–Trinajstić information content (AvgIpc) is 2.73. The molecule has 2 rings (SSSR count). The largest absolute Gasteiger partial charge is 0.316 e. The van der Waals surface area contributed by atoms with Crippen molar-refractivity contribution in [1.82, 2.24) is 10.2 Å². The molecule has 88 valence electrons. The van der Waals surface area contributed by atoms with Gasteiger partial charge in [0.1, 0.15) is 0 Å². The quantitative estimate of drug-likeness (QED) is 0.793. The predicted octanol–water partition coefficient (Wildman–Crippen LogP) is 1.81. The Morgan fingerprint density at radius 2 is 2.27 bits per heavy atom. The normalized spacial score (nSPS) is 38.4. The lowest BCUT2D eigenvalue weighted by atomic mass is 10.0. The van der Waals surface area contributed by atoms with Crippen LogP contribution in [0.5, 0.6) is 0 Å². The number of rotatable bonds is 3. The van der Waals surface area contributed by atoms with Crippen LogP contribution in [0.4, 0.5) is 0 Å². The minimum absolute atomic E-state index is 0.776. The van der Waals surface area contributed by atoms with Crippen LogP contribution in [0.1, 0.15) is 26.7 Å². The molecule has 0 bridgehead atoms. The van der Waals surface area contributed by atoms with Crippen LogP contribution in [0.2, 0.25) is 0 Å². The van der Waals surface area contributed by atoms with E-state index in [1.165, 1.54) is 44.8 Å². The van der Waals surface area contributed by atoms with E-state index in [0.29, 0.717) is 0 Å². The van der Waals surface area contributed by atoms with Gasteiger partial charge in [0.2, 0.25) is 0 Å². The van der Waals surface area contributed by atoms with Crippen molar-refractivity contribution in [2.24, 2.45) is 5.92 Å². The molecular weight excluding hydrogens is 204 g/mol. The van der Waals surface area contributed by atoms with Crippen LogP contribution in [0.25, 0.3) is 0 Å². The molecule has 2 aliphatic heterocycles. The van der Waals surface area contributed by atoms with Crippen LogP contribution < -0.4 is 5.32 Å². The Labute approximate surface area is 98.2 Å². The number of nitrogens with zero attached hydrogens (tertiary/aromatic N) is 1. The molecule has 0 aromatic carbocycles. The maximum atomic E-state index is 3.46. The van der Waals surface area contributed by atoms with Gasteiger partial charge < -0.3 is 5.32 Å². The molecule has 2 aliphatic rings. The second-order valence-corrected chi connectivity index (χ2v) is 6.49. The van der Waals surface area contributed by atoms with E-state index in [2.05, 4.69) is 35.8 Å². The molecule has 0 amide bonds. The van der Waals surface area contributed by atoms with Crippen molar-refractivity contribution in [2.45, 2.75) is 38.0 Å². The zero-order chi connectivity index (χ0) is 10.7. The van der Waals surface area contributed by atoms with Crippen molar-refractivity contribution in [3.63, 3.8) is 0 Å². The first-order valence-electron chi connectivity index (χ1n) is 6.33. The number of hydrogen-bond donors (Lipinski definition) is 1. The maximum absolute atomic E-state index is 3.46. The van der Waals surface area contributed by atoms with E-state index in [4.69, 9.17) is 0 Å². The van der Waals surface area contributed by atoms with Gasteiger partial charge in [-0.3, -0.25) is 4.90 Å². The van der Waals surface area contributed by atoms with Gasteiger partial charge in [0.15, 0.2) is 0 Å². The van der Waals surface area contributed by atoms with Crippen LogP contribution in [-0.2, 0) is 0 Å². The summed E-state index contributed by atoms with van der Waals surface area (Å²) in [5.74, 6) is 2.27. The first-order chi connectivity index (χ1) is 7.27. The first-order valence-corrected chi connectivity index (χ1v) is 7.38. The summed E-state index contributed by atoms with van der Waals surface area (Å²) < 4.78 is 0. The van der Waals surface area contributed by atoms with Gasteiger partial charge in [-0.15, -0.1) is 0 Å². The smallest absolute Gasteiger partial charge is 0.0184 e. The molecule has 1 N–H and O–H groups in total. The third kappa shape index (κ3) is 3.11. The van der Waals surface area contributed by atoms with Gasteiger partial charge in [-0.1, -0.05) is 6.92 Å². The van der Waals surface area contributed by atoms with Crippen LogP contribution >= 0.6 is 11.8 Å². The van der Waals surface area contributed by atoms with Crippen LogP contribution in [0, 0.1) is 5.92 Å². The van der Waals surface area contributed by atoms with Crippen molar-refractivity contribution in [3.8, 4) is 0 Å². The average molecular weight is 228 g/mol. The maximum Gasteiger partial charge on any atom is 0.0184 e. The Morgan fingerprint density at radius 1 is 1.40 bits per heavy atom. The first kappa shape index (κ1) is 11.7. The summed E-state index contributed by atoms with van der Waals surface area (Å²) in [6, 6.07) is 0.776. The van der Waals surface area contributed by atoms with Crippen molar-refractivity contribution < 1.29 is 0 Å². The number of hydrogen-bond acceptors (Lipinski definition) is 3. The van der Waals surface area contributed by atoms with Crippen LogP contribution in [0.3, 0.4) is 0 Å². The lowest BCUT2D eigenvalue weighted by Gasteiger charge is -2.37. The standard InChI is InChI=1S/C12H24N2S/c1-10-11(2)15-8-7-14(10)6-4-12-3-5-13-9-12/h10-13H,3-9H2,1-2H3. The van der Waals surface area contributed by atoms with Gasteiger partial charge >= 0.3 is 0 Å². The zero-order valence-corrected chi connectivity index (χ0v) is 10.9. The highest BCUT2D eigenvalue weighted by atomic mass is 32.2. The van der Waals surface area contributed by atoms with E-state index >= 15 is 0 Å². The molecule has 0 saturated carbocycles. The molecule has 3 unspecified atom stereocenters. The van der Waals surface area contributed by atoms with Gasteiger partial charge in [0.25, 0.3) is 0 Å². The molecule has 3 heteroatoms. The molecule has 2 saturated heterocycles. The van der Waals surface area contributed by atoms with E-state index in [1.807, 2.05) is 0 Å². The summed E-state index contributed by atoms with van der Waals surface area (Å²) in [5.41, 5.74) is 0. The minimum atomic E-state index is 0.776. The van der Waals surface area contributed by atoms with Gasteiger partial charge in [0.05, 0.1) is 0 Å². The fraction of sp³-hybridized carbons (Fsp3) is 1.00. The summed E-state index contributed by atoms with van der Waals surface area (Å²) in [5, 5.41) is 4.28. The molecule has 0 spiro atoms. The fourth-order valence-corrected chi connectivity index (χ4v) is 3.78. The summed E-state index contributed by atoms with van der Waals surface area (Å²) in [7, 11) is 0. The highest BCUT2D eigenvalue weighted by molar-refractivity contribution is 8.00. The third-order valence-corrected chi connectivity index (χ3v) is 5.34. The van der Waals surface area contributed by atoms with E-state index in [0.717, 1.165) is 17.2 Å². The Hall–Kier alpha value is 0.270. The third-order valence-electron chi connectivity index (χ3n) is 4.00. The van der Waals surface area contributed by atoms with E-state index < -0.39 is 0 Å². The summed E-state index contributed by atoms with van der Waals surface area (Å²) in [6.07, 6.45) is 2.79. The number of nitrogens with one attached hydrogen (secondary N) is 1. The predicted molar refractivity (Wildman–Crippen MR) is 68.5 cm³/mol. The summed E-state index contributed by atoms with van der Waals surface area (Å²) >= 11 is 2.13. The number of thioether (sulfide) groups is 1. The molecule has 2 fully saturated rings. The zero-order valence-electron chi connectivity index (χ0n) is 10.0. The Bertz CT molecular complexity index is 192. The molecule has 0 aromatic heterocycles. The van der Waals surface area contributed by atoms with E-state index in [-0.39, 0.29) is 0 Å². The van der Waals surface area contributed by atoms with Gasteiger partial charge in [-0.05, 0) is 45.3 Å². The van der Waals surface area contributed by atoms with Crippen molar-refractivity contribution in [2.75, 3.05) is 31.9 Å². The Balaban J connectivity index is 1.72. The molecule has 2 nitrogen and oxygen atoms in total. The van der Waals surface area contributed by atoms with Gasteiger partial charge in [0, 0.05) is 23.6 Å².